The highest BCUT2D eigenvalue weighted by atomic mass is 16.7. The van der Waals surface area contributed by atoms with Crippen LogP contribution in [0.15, 0.2) is 0 Å². The Labute approximate surface area is 75.2 Å². The molecule has 72 valence electrons. The molecule has 0 aromatic rings. The lowest BCUT2D eigenvalue weighted by molar-refractivity contribution is -0.144. The molecule has 2 amide bonds. The van der Waals surface area contributed by atoms with Crippen LogP contribution in [-0.4, -0.2) is 29.8 Å². The SMILES string of the molecule is C#CC(C)NC(=O)NOCC(=O)O. The van der Waals surface area contributed by atoms with Crippen molar-refractivity contribution in [2.75, 3.05) is 6.61 Å². The van der Waals surface area contributed by atoms with Gasteiger partial charge in [0.1, 0.15) is 0 Å². The highest BCUT2D eigenvalue weighted by Crippen LogP contribution is 1.77. The molecule has 0 aliphatic rings. The third-order valence-electron chi connectivity index (χ3n) is 0.958. The molecule has 0 saturated heterocycles. The first kappa shape index (κ1) is 11.3. The van der Waals surface area contributed by atoms with Gasteiger partial charge in [0.25, 0.3) is 0 Å². The number of hydrogen-bond acceptors (Lipinski definition) is 3. The minimum atomic E-state index is -1.18. The number of hydroxylamine groups is 1. The number of urea groups is 1. The lowest BCUT2D eigenvalue weighted by atomic mass is 10.4. The Kier molecular flexibility index (Phi) is 5.07. The van der Waals surface area contributed by atoms with Gasteiger partial charge in [-0.05, 0) is 6.92 Å². The molecule has 6 nitrogen and oxygen atoms in total. The zero-order chi connectivity index (χ0) is 10.3. The lowest BCUT2D eigenvalue weighted by Gasteiger charge is -2.07. The third-order valence-corrected chi connectivity index (χ3v) is 0.958. The summed E-state index contributed by atoms with van der Waals surface area (Å²) < 4.78 is 0. The molecule has 0 bridgehead atoms. The predicted octanol–water partition coefficient (Wildman–Crippen LogP) is -0.677. The Morgan fingerprint density at radius 3 is 2.77 bits per heavy atom. The second-order valence-electron chi connectivity index (χ2n) is 2.15. The van der Waals surface area contributed by atoms with Crippen LogP contribution >= 0.6 is 0 Å². The average Bonchev–Trinajstić information content (AvgIpc) is 2.03. The van der Waals surface area contributed by atoms with E-state index in [1.165, 1.54) is 0 Å². The van der Waals surface area contributed by atoms with Crippen LogP contribution in [0.1, 0.15) is 6.92 Å². The van der Waals surface area contributed by atoms with Gasteiger partial charge in [0.05, 0.1) is 6.04 Å². The largest absolute Gasteiger partial charge is 0.479 e. The number of carbonyl (C=O) groups excluding carboxylic acids is 1. The molecule has 13 heavy (non-hydrogen) atoms. The molecule has 0 aliphatic carbocycles. The van der Waals surface area contributed by atoms with E-state index in [4.69, 9.17) is 11.5 Å². The quantitative estimate of drug-likeness (QED) is 0.401. The topological polar surface area (TPSA) is 87.7 Å². The minimum absolute atomic E-state index is 0.437. The maximum atomic E-state index is 10.8. The second kappa shape index (κ2) is 5.85. The summed E-state index contributed by atoms with van der Waals surface area (Å²) in [4.78, 5) is 25.0. The Balaban J connectivity index is 3.53. The predicted molar refractivity (Wildman–Crippen MR) is 43.6 cm³/mol. The number of hydrogen-bond donors (Lipinski definition) is 3. The first-order chi connectivity index (χ1) is 6.06. The molecule has 0 aliphatic heterocycles. The number of rotatable bonds is 4. The maximum absolute atomic E-state index is 10.8. The summed E-state index contributed by atoms with van der Waals surface area (Å²) in [5.74, 6) is 1.08. The number of aliphatic carboxylic acids is 1. The van der Waals surface area contributed by atoms with Crippen molar-refractivity contribution < 1.29 is 19.5 Å². The molecule has 1 unspecified atom stereocenters. The number of nitrogens with one attached hydrogen (secondary N) is 2. The van der Waals surface area contributed by atoms with E-state index in [2.05, 4.69) is 16.1 Å². The van der Waals surface area contributed by atoms with Gasteiger partial charge in [0.15, 0.2) is 6.61 Å². The van der Waals surface area contributed by atoms with Crippen LogP contribution < -0.4 is 10.8 Å². The smallest absolute Gasteiger partial charge is 0.339 e. The van der Waals surface area contributed by atoms with Crippen LogP contribution in [0.5, 0.6) is 0 Å². The van der Waals surface area contributed by atoms with Crippen molar-refractivity contribution in [3.63, 3.8) is 0 Å². The van der Waals surface area contributed by atoms with Gasteiger partial charge < -0.3 is 10.4 Å². The number of carboxylic acids is 1. The van der Waals surface area contributed by atoms with Gasteiger partial charge >= 0.3 is 12.0 Å². The molecule has 0 heterocycles. The zero-order valence-corrected chi connectivity index (χ0v) is 7.03. The van der Waals surface area contributed by atoms with Gasteiger partial charge in [0.2, 0.25) is 0 Å². The second-order valence-corrected chi connectivity index (χ2v) is 2.15. The molecule has 0 saturated carbocycles. The van der Waals surface area contributed by atoms with Crippen molar-refractivity contribution in [3.8, 4) is 12.3 Å². The number of carbonyl (C=O) groups is 2. The summed E-state index contributed by atoms with van der Waals surface area (Å²) >= 11 is 0. The fraction of sp³-hybridized carbons (Fsp3) is 0.429. The first-order valence-corrected chi connectivity index (χ1v) is 3.42. The van der Waals surface area contributed by atoms with Gasteiger partial charge in [-0.3, -0.25) is 4.84 Å². The molecule has 0 aromatic heterocycles. The summed E-state index contributed by atoms with van der Waals surface area (Å²) in [6, 6.07) is -1.11. The van der Waals surface area contributed by atoms with Gasteiger partial charge in [0, 0.05) is 0 Å². The van der Waals surface area contributed by atoms with E-state index in [0.717, 1.165) is 0 Å². The van der Waals surface area contributed by atoms with E-state index in [1.807, 2.05) is 5.48 Å². The Bertz CT molecular complexity index is 233. The van der Waals surface area contributed by atoms with Crippen molar-refractivity contribution in [2.45, 2.75) is 13.0 Å². The molecule has 0 aromatic carbocycles. The van der Waals surface area contributed by atoms with E-state index >= 15 is 0 Å². The monoisotopic (exact) mass is 186 g/mol. The van der Waals surface area contributed by atoms with Crippen LogP contribution in [0.3, 0.4) is 0 Å². The molecular weight excluding hydrogens is 176 g/mol. The summed E-state index contributed by atoms with van der Waals surface area (Å²) in [6.07, 6.45) is 4.97. The number of terminal acetylenes is 1. The molecule has 0 spiro atoms. The molecule has 1 atom stereocenters. The Morgan fingerprint density at radius 2 is 2.31 bits per heavy atom. The standard InChI is InChI=1S/C7H10N2O4/c1-3-5(2)8-7(12)9-13-4-6(10)11/h1,5H,4H2,2H3,(H,10,11)(H2,8,9,12). The van der Waals surface area contributed by atoms with E-state index in [1.54, 1.807) is 6.92 Å². The first-order valence-electron chi connectivity index (χ1n) is 3.42. The molecular formula is C7H10N2O4. The fourth-order valence-corrected chi connectivity index (χ4v) is 0.431. The van der Waals surface area contributed by atoms with E-state index in [0.29, 0.717) is 0 Å². The molecule has 0 rings (SSSR count). The van der Waals surface area contributed by atoms with Crippen LogP contribution in [0.4, 0.5) is 4.79 Å². The van der Waals surface area contributed by atoms with E-state index < -0.39 is 24.6 Å². The van der Waals surface area contributed by atoms with Crippen molar-refractivity contribution in [1.29, 1.82) is 0 Å². The van der Waals surface area contributed by atoms with Crippen LogP contribution in [0.25, 0.3) is 0 Å². The van der Waals surface area contributed by atoms with Crippen LogP contribution in [0.2, 0.25) is 0 Å². The lowest BCUT2D eigenvalue weighted by Crippen LogP contribution is -2.40. The minimum Gasteiger partial charge on any atom is -0.479 e. The van der Waals surface area contributed by atoms with Crippen LogP contribution in [-0.2, 0) is 9.63 Å². The van der Waals surface area contributed by atoms with Gasteiger partial charge in [-0.2, -0.15) is 0 Å². The molecule has 3 N–H and O–H groups in total. The van der Waals surface area contributed by atoms with Gasteiger partial charge in [-0.15, -0.1) is 6.42 Å². The maximum Gasteiger partial charge on any atom is 0.339 e. The van der Waals surface area contributed by atoms with Gasteiger partial charge in [-0.25, -0.2) is 15.1 Å². The number of amides is 2. The van der Waals surface area contributed by atoms with Gasteiger partial charge in [-0.1, -0.05) is 5.92 Å². The Morgan fingerprint density at radius 1 is 1.69 bits per heavy atom. The summed E-state index contributed by atoms with van der Waals surface area (Å²) in [7, 11) is 0. The highest BCUT2D eigenvalue weighted by molar-refractivity contribution is 5.74. The van der Waals surface area contributed by atoms with Crippen molar-refractivity contribution in [1.82, 2.24) is 10.8 Å². The molecule has 0 fully saturated rings. The fourth-order valence-electron chi connectivity index (χ4n) is 0.431. The third kappa shape index (κ3) is 6.65. The normalized spacial score (nSPS) is 11.1. The molecule has 0 radical (unpaired) electrons. The average molecular weight is 186 g/mol. The van der Waals surface area contributed by atoms with Crippen molar-refractivity contribution in [2.24, 2.45) is 0 Å². The summed E-state index contributed by atoms with van der Waals surface area (Å²) in [5, 5.41) is 10.4. The van der Waals surface area contributed by atoms with E-state index in [-0.39, 0.29) is 0 Å². The highest BCUT2D eigenvalue weighted by Gasteiger charge is 2.04. The van der Waals surface area contributed by atoms with Crippen molar-refractivity contribution in [3.05, 3.63) is 0 Å². The van der Waals surface area contributed by atoms with Crippen LogP contribution in [0, 0.1) is 12.3 Å². The molecule has 6 heteroatoms. The zero-order valence-electron chi connectivity index (χ0n) is 7.03. The number of carboxylic acid groups (broad SMARTS) is 1. The van der Waals surface area contributed by atoms with Crippen molar-refractivity contribution >= 4 is 12.0 Å². The van der Waals surface area contributed by atoms with E-state index in [9.17, 15) is 9.59 Å². The summed E-state index contributed by atoms with van der Waals surface area (Å²) in [6.45, 7) is 0.995. The summed E-state index contributed by atoms with van der Waals surface area (Å²) in [5.41, 5.74) is 1.85. The Hall–Kier alpha value is -1.74.